The summed E-state index contributed by atoms with van der Waals surface area (Å²) in [6.07, 6.45) is -0.193. The summed E-state index contributed by atoms with van der Waals surface area (Å²) >= 11 is 5.06. The van der Waals surface area contributed by atoms with Crippen molar-refractivity contribution in [3.63, 3.8) is 0 Å². The topological polar surface area (TPSA) is 21.6 Å². The van der Waals surface area contributed by atoms with E-state index in [0.29, 0.717) is 5.17 Å². The van der Waals surface area contributed by atoms with E-state index < -0.39 is 0 Å². The van der Waals surface area contributed by atoms with Gasteiger partial charge in [0.25, 0.3) is 5.17 Å². The largest absolute Gasteiger partial charge is 0.455 e. The van der Waals surface area contributed by atoms with E-state index in [4.69, 9.17) is 17.0 Å². The van der Waals surface area contributed by atoms with E-state index in [1.54, 1.807) is 0 Å². The highest BCUT2D eigenvalue weighted by Crippen LogP contribution is 2.28. The third-order valence-electron chi connectivity index (χ3n) is 2.85. The van der Waals surface area contributed by atoms with Gasteiger partial charge in [0.1, 0.15) is 0 Å². The standard InChI is InChI=1S/C15H11NOS/c18-15-16-13(11-7-3-1-4-8-11)14(17-15)12-9-5-2-6-10-12/h1-10,14H. The van der Waals surface area contributed by atoms with Crippen molar-refractivity contribution in [3.05, 3.63) is 71.8 Å². The monoisotopic (exact) mass is 253 g/mol. The molecule has 0 saturated carbocycles. The summed E-state index contributed by atoms with van der Waals surface area (Å²) in [5.74, 6) is 0. The van der Waals surface area contributed by atoms with Crippen LogP contribution in [0.4, 0.5) is 0 Å². The van der Waals surface area contributed by atoms with Gasteiger partial charge in [-0.3, -0.25) is 0 Å². The lowest BCUT2D eigenvalue weighted by Crippen LogP contribution is -2.11. The molecular weight excluding hydrogens is 242 g/mol. The number of ether oxygens (including phenoxy) is 1. The van der Waals surface area contributed by atoms with E-state index >= 15 is 0 Å². The predicted molar refractivity (Wildman–Crippen MR) is 75.8 cm³/mol. The number of thiocarbonyl (C=S) groups is 1. The summed E-state index contributed by atoms with van der Waals surface area (Å²) in [4.78, 5) is 4.34. The Morgan fingerprint density at radius 1 is 0.889 bits per heavy atom. The van der Waals surface area contributed by atoms with Crippen molar-refractivity contribution in [1.29, 1.82) is 0 Å². The summed E-state index contributed by atoms with van der Waals surface area (Å²) in [6.45, 7) is 0. The molecule has 1 aliphatic rings. The van der Waals surface area contributed by atoms with Gasteiger partial charge in [-0.1, -0.05) is 60.7 Å². The molecule has 2 aromatic rings. The van der Waals surface area contributed by atoms with Crippen LogP contribution in [-0.2, 0) is 4.74 Å². The molecule has 0 saturated heterocycles. The third kappa shape index (κ3) is 2.05. The number of benzene rings is 2. The zero-order valence-corrected chi connectivity index (χ0v) is 10.4. The second kappa shape index (κ2) is 4.70. The lowest BCUT2D eigenvalue weighted by Gasteiger charge is -2.13. The van der Waals surface area contributed by atoms with Crippen LogP contribution < -0.4 is 0 Å². The Morgan fingerprint density at radius 3 is 2.17 bits per heavy atom. The van der Waals surface area contributed by atoms with Crippen molar-refractivity contribution >= 4 is 23.1 Å². The summed E-state index contributed by atoms with van der Waals surface area (Å²) in [5, 5.41) is 0.308. The number of hydrogen-bond acceptors (Lipinski definition) is 2. The molecule has 3 heteroatoms. The Hall–Kier alpha value is -2.00. The fourth-order valence-corrected chi connectivity index (χ4v) is 2.21. The van der Waals surface area contributed by atoms with Crippen molar-refractivity contribution in [2.75, 3.05) is 0 Å². The lowest BCUT2D eigenvalue weighted by molar-refractivity contribution is 0.279. The first kappa shape index (κ1) is 11.1. The van der Waals surface area contributed by atoms with Gasteiger partial charge in [-0.15, -0.1) is 0 Å². The van der Waals surface area contributed by atoms with Gasteiger partial charge >= 0.3 is 0 Å². The Morgan fingerprint density at radius 2 is 1.50 bits per heavy atom. The molecule has 2 aromatic carbocycles. The predicted octanol–water partition coefficient (Wildman–Crippen LogP) is 3.53. The van der Waals surface area contributed by atoms with Gasteiger partial charge < -0.3 is 4.74 Å². The minimum absolute atomic E-state index is 0.193. The maximum Gasteiger partial charge on any atom is 0.284 e. The van der Waals surface area contributed by atoms with Gasteiger partial charge in [0, 0.05) is 5.56 Å². The van der Waals surface area contributed by atoms with Gasteiger partial charge in [-0.25, -0.2) is 4.99 Å². The van der Waals surface area contributed by atoms with Crippen LogP contribution in [0.1, 0.15) is 17.2 Å². The molecule has 1 unspecified atom stereocenters. The van der Waals surface area contributed by atoms with Crippen molar-refractivity contribution in [3.8, 4) is 0 Å². The number of rotatable bonds is 2. The van der Waals surface area contributed by atoms with E-state index in [-0.39, 0.29) is 6.10 Å². The fraction of sp³-hybridized carbons (Fsp3) is 0.0667. The highest BCUT2D eigenvalue weighted by atomic mass is 32.1. The SMILES string of the molecule is S=C1N=C(c2ccccc2)C(c2ccccc2)O1. The Bertz CT molecular complexity index is 592. The van der Waals surface area contributed by atoms with E-state index in [1.165, 1.54) is 0 Å². The number of hydrogen-bond donors (Lipinski definition) is 0. The van der Waals surface area contributed by atoms with Crippen LogP contribution in [-0.4, -0.2) is 10.9 Å². The molecule has 0 bridgehead atoms. The van der Waals surface area contributed by atoms with Crippen LogP contribution in [0, 0.1) is 0 Å². The average Bonchev–Trinajstić information content (AvgIpc) is 2.83. The quantitative estimate of drug-likeness (QED) is 0.764. The molecule has 18 heavy (non-hydrogen) atoms. The normalized spacial score (nSPS) is 18.3. The Kier molecular flexibility index (Phi) is 2.90. The molecule has 0 aromatic heterocycles. The second-order valence-corrected chi connectivity index (χ2v) is 4.39. The van der Waals surface area contributed by atoms with E-state index in [0.717, 1.165) is 16.8 Å². The molecule has 0 N–H and O–H groups in total. The van der Waals surface area contributed by atoms with Crippen LogP contribution in [0.3, 0.4) is 0 Å². The third-order valence-corrected chi connectivity index (χ3v) is 3.04. The van der Waals surface area contributed by atoms with Crippen LogP contribution >= 0.6 is 12.2 Å². The van der Waals surface area contributed by atoms with Gasteiger partial charge in [0.15, 0.2) is 6.10 Å². The fourth-order valence-electron chi connectivity index (χ4n) is 2.02. The molecule has 1 atom stereocenters. The van der Waals surface area contributed by atoms with Crippen LogP contribution in [0.25, 0.3) is 0 Å². The smallest absolute Gasteiger partial charge is 0.284 e. The molecule has 88 valence electrons. The maximum absolute atomic E-state index is 5.64. The summed E-state index contributed by atoms with van der Waals surface area (Å²) in [6, 6.07) is 20.0. The van der Waals surface area contributed by atoms with E-state index in [9.17, 15) is 0 Å². The van der Waals surface area contributed by atoms with Gasteiger partial charge in [-0.2, -0.15) is 0 Å². The summed E-state index contributed by atoms with van der Waals surface area (Å²) < 4.78 is 5.64. The zero-order chi connectivity index (χ0) is 12.4. The van der Waals surface area contributed by atoms with Gasteiger partial charge in [0.2, 0.25) is 0 Å². The zero-order valence-electron chi connectivity index (χ0n) is 9.61. The number of nitrogens with zero attached hydrogens (tertiary/aromatic N) is 1. The number of aliphatic imine (C=N–C) groups is 1. The highest BCUT2D eigenvalue weighted by molar-refractivity contribution is 7.80. The molecule has 3 rings (SSSR count). The minimum Gasteiger partial charge on any atom is -0.455 e. The molecule has 0 spiro atoms. The van der Waals surface area contributed by atoms with Crippen molar-refractivity contribution < 1.29 is 4.74 Å². The van der Waals surface area contributed by atoms with Crippen LogP contribution in [0.2, 0.25) is 0 Å². The first-order chi connectivity index (χ1) is 8.84. The summed E-state index contributed by atoms with van der Waals surface area (Å²) in [5.41, 5.74) is 3.00. The Balaban J connectivity index is 2.02. The molecule has 1 heterocycles. The van der Waals surface area contributed by atoms with Crippen molar-refractivity contribution in [2.24, 2.45) is 4.99 Å². The van der Waals surface area contributed by atoms with Gasteiger partial charge in [0.05, 0.1) is 5.71 Å². The second-order valence-electron chi connectivity index (χ2n) is 4.04. The molecule has 0 radical (unpaired) electrons. The van der Waals surface area contributed by atoms with Crippen LogP contribution in [0.5, 0.6) is 0 Å². The van der Waals surface area contributed by atoms with E-state index in [1.807, 2.05) is 60.7 Å². The van der Waals surface area contributed by atoms with Crippen LogP contribution in [0.15, 0.2) is 65.7 Å². The van der Waals surface area contributed by atoms with Gasteiger partial charge in [-0.05, 0) is 17.8 Å². The molecular formula is C15H11NOS. The molecule has 1 aliphatic heterocycles. The van der Waals surface area contributed by atoms with E-state index in [2.05, 4.69) is 4.99 Å². The molecule has 0 aliphatic carbocycles. The average molecular weight is 253 g/mol. The molecule has 0 fully saturated rings. The maximum atomic E-state index is 5.64. The minimum atomic E-state index is -0.193. The first-order valence-electron chi connectivity index (χ1n) is 5.74. The molecule has 2 nitrogen and oxygen atoms in total. The first-order valence-corrected chi connectivity index (χ1v) is 6.15. The molecule has 0 amide bonds. The van der Waals surface area contributed by atoms with Crippen molar-refractivity contribution in [2.45, 2.75) is 6.10 Å². The highest BCUT2D eigenvalue weighted by Gasteiger charge is 2.28. The van der Waals surface area contributed by atoms with Crippen molar-refractivity contribution in [1.82, 2.24) is 0 Å². The Labute approximate surface area is 111 Å². The summed E-state index contributed by atoms with van der Waals surface area (Å²) in [7, 11) is 0. The lowest BCUT2D eigenvalue weighted by atomic mass is 9.99.